The topological polar surface area (TPSA) is 149 Å². The first-order valence-electron chi connectivity index (χ1n) is 12.6. The number of carbonyl (C=O) groups is 2. The Balaban J connectivity index is 1.69. The summed E-state index contributed by atoms with van der Waals surface area (Å²) in [5.74, 6) is 1.20. The number of methoxy groups -OCH3 is 2. The van der Waals surface area contributed by atoms with Crippen molar-refractivity contribution < 1.29 is 38.4 Å². The number of rotatable bonds is 14. The number of urea groups is 1. The van der Waals surface area contributed by atoms with E-state index in [0.717, 1.165) is 0 Å². The third-order valence-electron chi connectivity index (χ3n) is 5.74. The van der Waals surface area contributed by atoms with E-state index < -0.39 is 24.3 Å². The number of halogens is 1. The van der Waals surface area contributed by atoms with Crippen LogP contribution in [-0.2, 0) is 9.53 Å². The van der Waals surface area contributed by atoms with Gasteiger partial charge in [0.25, 0.3) is 0 Å². The van der Waals surface area contributed by atoms with Gasteiger partial charge in [0.15, 0.2) is 29.2 Å². The number of carbonyl (C=O) groups excluding carboxylic acids is 2. The fraction of sp³-hybridized carbons (Fsp3) is 0.321. The van der Waals surface area contributed by atoms with Crippen LogP contribution < -0.4 is 35.0 Å². The lowest BCUT2D eigenvalue weighted by molar-refractivity contribution is -0.136. The molecule has 220 valence electrons. The van der Waals surface area contributed by atoms with Crippen LogP contribution in [0.15, 0.2) is 63.8 Å². The Morgan fingerprint density at radius 2 is 1.93 bits per heavy atom. The molecule has 2 atom stereocenters. The van der Waals surface area contributed by atoms with Gasteiger partial charge in [-0.1, -0.05) is 18.7 Å². The number of hydrogen-bond donors (Lipinski definition) is 4. The Morgan fingerprint density at radius 1 is 1.17 bits per heavy atom. The van der Waals surface area contributed by atoms with Gasteiger partial charge >= 0.3 is 12.0 Å². The fourth-order valence-electron chi connectivity index (χ4n) is 3.89. The van der Waals surface area contributed by atoms with E-state index in [1.54, 1.807) is 43.3 Å². The molecule has 2 amide bonds. The summed E-state index contributed by atoms with van der Waals surface area (Å²) in [6.45, 7) is 7.57. The number of aliphatic hydroxyl groups excluding tert-OH is 1. The van der Waals surface area contributed by atoms with Crippen LogP contribution in [-0.4, -0.2) is 63.6 Å². The van der Waals surface area contributed by atoms with Crippen molar-refractivity contribution in [2.45, 2.75) is 26.1 Å². The van der Waals surface area contributed by atoms with Gasteiger partial charge in [0.05, 0.1) is 38.7 Å². The fourth-order valence-corrected chi connectivity index (χ4v) is 4.31. The zero-order valence-corrected chi connectivity index (χ0v) is 24.7. The van der Waals surface area contributed by atoms with Crippen molar-refractivity contribution in [1.82, 2.24) is 16.1 Å². The summed E-state index contributed by atoms with van der Waals surface area (Å²) in [5, 5.41) is 19.8. The van der Waals surface area contributed by atoms with Gasteiger partial charge in [0.1, 0.15) is 13.2 Å². The molecule has 0 saturated carbocycles. The standard InChI is InChI=1S/C28H33BrN4O8/c1-6-10-40-23-13-19(29)18(12-21(23)37-4)14-30-33-24(34)15-41-20-9-8-17(11-22(20)39-7-2)26-25(27(35)38-5)16(3)31-28(36)32-26/h6,8-9,11-14,24,26,33-34H,1,7,10,15H2,2-5H3,(H2,31,32,36)/b30-14-/t24-,26-/m1/s1. The zero-order chi connectivity index (χ0) is 29.9. The van der Waals surface area contributed by atoms with E-state index in [2.05, 4.69) is 43.7 Å². The van der Waals surface area contributed by atoms with Crippen molar-refractivity contribution in [2.75, 3.05) is 34.0 Å². The van der Waals surface area contributed by atoms with Crippen LogP contribution >= 0.6 is 15.9 Å². The molecule has 0 aliphatic carbocycles. The summed E-state index contributed by atoms with van der Waals surface area (Å²) in [7, 11) is 2.81. The number of nitrogens with one attached hydrogen (secondary N) is 3. The largest absolute Gasteiger partial charge is 0.493 e. The van der Waals surface area contributed by atoms with Crippen molar-refractivity contribution in [2.24, 2.45) is 5.10 Å². The van der Waals surface area contributed by atoms with Crippen LogP contribution in [0.1, 0.15) is 31.0 Å². The van der Waals surface area contributed by atoms with Gasteiger partial charge in [-0.2, -0.15) is 5.10 Å². The van der Waals surface area contributed by atoms with Crippen LogP contribution in [0.2, 0.25) is 0 Å². The molecular formula is C28H33BrN4O8. The van der Waals surface area contributed by atoms with Crippen LogP contribution in [0.5, 0.6) is 23.0 Å². The number of esters is 1. The third kappa shape index (κ3) is 8.14. The summed E-state index contributed by atoms with van der Waals surface area (Å²) < 4.78 is 28.1. The predicted octanol–water partition coefficient (Wildman–Crippen LogP) is 3.54. The van der Waals surface area contributed by atoms with E-state index in [9.17, 15) is 14.7 Å². The molecule has 13 heteroatoms. The second-order valence-electron chi connectivity index (χ2n) is 8.54. The molecule has 12 nitrogen and oxygen atoms in total. The van der Waals surface area contributed by atoms with E-state index in [1.807, 2.05) is 6.92 Å². The molecule has 0 aromatic heterocycles. The minimum atomic E-state index is -1.16. The average molecular weight is 633 g/mol. The Hall–Kier alpha value is -4.23. The molecule has 0 spiro atoms. The van der Waals surface area contributed by atoms with Gasteiger partial charge in [-0.25, -0.2) is 9.59 Å². The summed E-state index contributed by atoms with van der Waals surface area (Å²) in [6, 6.07) is 7.27. The minimum Gasteiger partial charge on any atom is -0.493 e. The second-order valence-corrected chi connectivity index (χ2v) is 9.39. The number of aliphatic hydroxyl groups is 1. The number of benzene rings is 2. The maximum Gasteiger partial charge on any atom is 0.337 e. The van der Waals surface area contributed by atoms with Crippen molar-refractivity contribution in [3.05, 3.63) is 69.9 Å². The molecule has 1 aliphatic rings. The highest BCUT2D eigenvalue weighted by Gasteiger charge is 2.32. The highest BCUT2D eigenvalue weighted by molar-refractivity contribution is 9.10. The van der Waals surface area contributed by atoms with Gasteiger partial charge in [-0.05, 0) is 59.6 Å². The summed E-state index contributed by atoms with van der Waals surface area (Å²) >= 11 is 3.47. The maximum atomic E-state index is 12.4. The molecular weight excluding hydrogens is 600 g/mol. The van der Waals surface area contributed by atoms with Crippen LogP contribution in [0, 0.1) is 0 Å². The molecule has 2 aromatic rings. The van der Waals surface area contributed by atoms with E-state index in [-0.39, 0.29) is 12.2 Å². The zero-order valence-electron chi connectivity index (χ0n) is 23.2. The van der Waals surface area contributed by atoms with Crippen molar-refractivity contribution in [3.8, 4) is 23.0 Å². The lowest BCUT2D eigenvalue weighted by atomic mass is 9.95. The van der Waals surface area contributed by atoms with Gasteiger partial charge in [0.2, 0.25) is 0 Å². The maximum absolute atomic E-state index is 12.4. The lowest BCUT2D eigenvalue weighted by Gasteiger charge is -2.28. The van der Waals surface area contributed by atoms with E-state index in [1.165, 1.54) is 20.4 Å². The highest BCUT2D eigenvalue weighted by atomic mass is 79.9. The van der Waals surface area contributed by atoms with Crippen molar-refractivity contribution >= 4 is 34.1 Å². The number of allylic oxidation sites excluding steroid dienone is 1. The Morgan fingerprint density at radius 3 is 2.61 bits per heavy atom. The summed E-state index contributed by atoms with van der Waals surface area (Å²) in [6.07, 6.45) is 1.99. The molecule has 2 aromatic carbocycles. The molecule has 4 N–H and O–H groups in total. The first-order chi connectivity index (χ1) is 19.7. The van der Waals surface area contributed by atoms with Gasteiger partial charge < -0.3 is 39.4 Å². The monoisotopic (exact) mass is 632 g/mol. The third-order valence-corrected chi connectivity index (χ3v) is 6.43. The summed E-state index contributed by atoms with van der Waals surface area (Å²) in [4.78, 5) is 24.5. The molecule has 41 heavy (non-hydrogen) atoms. The molecule has 0 unspecified atom stereocenters. The smallest absolute Gasteiger partial charge is 0.337 e. The molecule has 0 bridgehead atoms. The number of ether oxygens (including phenoxy) is 5. The summed E-state index contributed by atoms with van der Waals surface area (Å²) in [5.41, 5.74) is 4.53. The van der Waals surface area contributed by atoms with Crippen LogP contribution in [0.3, 0.4) is 0 Å². The molecule has 0 saturated heterocycles. The molecule has 0 fully saturated rings. The van der Waals surface area contributed by atoms with E-state index in [4.69, 9.17) is 23.7 Å². The van der Waals surface area contributed by atoms with Crippen molar-refractivity contribution in [1.29, 1.82) is 0 Å². The Labute approximate surface area is 246 Å². The predicted molar refractivity (Wildman–Crippen MR) is 155 cm³/mol. The molecule has 1 aliphatic heterocycles. The molecule has 1 heterocycles. The normalized spacial score (nSPS) is 15.5. The first kappa shape index (κ1) is 31.3. The van der Waals surface area contributed by atoms with Crippen molar-refractivity contribution in [3.63, 3.8) is 0 Å². The first-order valence-corrected chi connectivity index (χ1v) is 13.4. The Kier molecular flexibility index (Phi) is 11.4. The Bertz CT molecular complexity index is 1330. The van der Waals surface area contributed by atoms with E-state index in [0.29, 0.717) is 57.5 Å². The van der Waals surface area contributed by atoms with Gasteiger partial charge in [-0.15, -0.1) is 0 Å². The number of amides is 2. The lowest BCUT2D eigenvalue weighted by Crippen LogP contribution is -2.45. The number of hydrogen-bond acceptors (Lipinski definition) is 10. The highest BCUT2D eigenvalue weighted by Crippen LogP contribution is 2.35. The van der Waals surface area contributed by atoms with Crippen LogP contribution in [0.25, 0.3) is 0 Å². The SMILES string of the molecule is C=CCOc1cc(Br)c(/C=N\N[C@H](O)COc2ccc([C@H]3NC(=O)NC(C)=C3C(=O)OC)cc2OCC)cc1OC. The van der Waals surface area contributed by atoms with Gasteiger partial charge in [-0.3, -0.25) is 5.43 Å². The van der Waals surface area contributed by atoms with Crippen LogP contribution in [0.4, 0.5) is 4.79 Å². The number of hydrazone groups is 1. The average Bonchev–Trinajstić information content (AvgIpc) is 2.95. The quantitative estimate of drug-likeness (QED) is 0.0806. The minimum absolute atomic E-state index is 0.161. The molecule has 3 rings (SSSR count). The number of nitrogens with zero attached hydrogens (tertiary/aromatic N) is 1. The second kappa shape index (κ2) is 15.0. The van der Waals surface area contributed by atoms with E-state index >= 15 is 0 Å². The molecule has 0 radical (unpaired) electrons. The van der Waals surface area contributed by atoms with Gasteiger partial charge in [0, 0.05) is 15.7 Å².